The van der Waals surface area contributed by atoms with Gasteiger partial charge in [0.2, 0.25) is 0 Å². The van der Waals surface area contributed by atoms with Crippen LogP contribution in [-0.4, -0.2) is 43.2 Å². The number of rotatable bonds is 5. The van der Waals surface area contributed by atoms with Gasteiger partial charge in [0.1, 0.15) is 23.2 Å². The SMILES string of the molecule is Cc1nnc(-c2cccc(N3Cc4c(cc(N5CCCC5C)nc4CN)C3=O)n2)n1C(C)C. The zero-order valence-corrected chi connectivity index (χ0v) is 19.6. The van der Waals surface area contributed by atoms with E-state index in [1.807, 2.05) is 35.8 Å². The number of anilines is 2. The van der Waals surface area contributed by atoms with Crippen LogP contribution in [-0.2, 0) is 13.1 Å². The van der Waals surface area contributed by atoms with Crippen molar-refractivity contribution in [3.8, 4) is 11.5 Å². The molecule has 2 N–H and O–H groups in total. The van der Waals surface area contributed by atoms with Crippen molar-refractivity contribution in [2.45, 2.75) is 65.7 Å². The Balaban J connectivity index is 1.51. The molecular formula is C24H30N8O. The molecule has 0 spiro atoms. The van der Waals surface area contributed by atoms with Gasteiger partial charge in [-0.15, -0.1) is 10.2 Å². The third-order valence-electron chi connectivity index (χ3n) is 6.65. The van der Waals surface area contributed by atoms with Crippen molar-refractivity contribution in [1.82, 2.24) is 24.7 Å². The molecule has 9 nitrogen and oxygen atoms in total. The van der Waals surface area contributed by atoms with Crippen LogP contribution >= 0.6 is 0 Å². The van der Waals surface area contributed by atoms with Gasteiger partial charge in [0.05, 0.1) is 17.8 Å². The number of pyridine rings is 2. The minimum absolute atomic E-state index is 0.0682. The van der Waals surface area contributed by atoms with Crippen LogP contribution in [0.4, 0.5) is 11.6 Å². The summed E-state index contributed by atoms with van der Waals surface area (Å²) in [7, 11) is 0. The fourth-order valence-corrected chi connectivity index (χ4v) is 4.99. The molecule has 0 radical (unpaired) electrons. The first-order valence-electron chi connectivity index (χ1n) is 11.6. The molecule has 1 amide bonds. The van der Waals surface area contributed by atoms with Crippen molar-refractivity contribution < 1.29 is 4.79 Å². The van der Waals surface area contributed by atoms with Crippen molar-refractivity contribution >= 4 is 17.5 Å². The van der Waals surface area contributed by atoms with E-state index in [0.717, 1.165) is 42.3 Å². The molecule has 0 bridgehead atoms. The maximum absolute atomic E-state index is 13.5. The Morgan fingerprint density at radius 3 is 2.70 bits per heavy atom. The summed E-state index contributed by atoms with van der Waals surface area (Å²) in [6.07, 6.45) is 2.27. The lowest BCUT2D eigenvalue weighted by molar-refractivity contribution is 0.0996. The van der Waals surface area contributed by atoms with Gasteiger partial charge in [0, 0.05) is 30.7 Å². The van der Waals surface area contributed by atoms with E-state index in [0.29, 0.717) is 42.0 Å². The molecular weight excluding hydrogens is 416 g/mol. The molecule has 1 unspecified atom stereocenters. The normalized spacial score (nSPS) is 18.0. The Labute approximate surface area is 193 Å². The molecule has 5 heterocycles. The molecule has 3 aromatic rings. The van der Waals surface area contributed by atoms with E-state index in [-0.39, 0.29) is 11.9 Å². The summed E-state index contributed by atoms with van der Waals surface area (Å²) in [5, 5.41) is 8.57. The van der Waals surface area contributed by atoms with Gasteiger partial charge in [-0.25, -0.2) is 9.97 Å². The first-order chi connectivity index (χ1) is 15.9. The third kappa shape index (κ3) is 3.56. The predicted octanol–water partition coefficient (Wildman–Crippen LogP) is 3.23. The molecule has 0 aliphatic carbocycles. The molecule has 1 atom stereocenters. The van der Waals surface area contributed by atoms with E-state index in [9.17, 15) is 4.79 Å². The number of fused-ring (bicyclic) bond motifs is 1. The maximum atomic E-state index is 13.5. The molecule has 2 aliphatic rings. The summed E-state index contributed by atoms with van der Waals surface area (Å²) in [6, 6.07) is 8.20. The molecule has 2 aliphatic heterocycles. The van der Waals surface area contributed by atoms with Crippen molar-refractivity contribution in [2.24, 2.45) is 5.73 Å². The number of carbonyl (C=O) groups is 1. The summed E-state index contributed by atoms with van der Waals surface area (Å²) < 4.78 is 2.05. The van der Waals surface area contributed by atoms with E-state index in [4.69, 9.17) is 15.7 Å². The van der Waals surface area contributed by atoms with Crippen LogP contribution in [0.15, 0.2) is 24.3 Å². The lowest BCUT2D eigenvalue weighted by atomic mass is 10.1. The van der Waals surface area contributed by atoms with E-state index in [1.54, 1.807) is 4.90 Å². The van der Waals surface area contributed by atoms with E-state index < -0.39 is 0 Å². The average Bonchev–Trinajstić information content (AvgIpc) is 3.50. The number of nitrogens with zero attached hydrogens (tertiary/aromatic N) is 7. The monoisotopic (exact) mass is 446 g/mol. The fourth-order valence-electron chi connectivity index (χ4n) is 4.99. The number of carbonyl (C=O) groups excluding carboxylic acids is 1. The molecule has 0 saturated carbocycles. The lowest BCUT2D eigenvalue weighted by Crippen LogP contribution is -2.28. The van der Waals surface area contributed by atoms with Gasteiger partial charge in [0.15, 0.2) is 5.82 Å². The summed E-state index contributed by atoms with van der Waals surface area (Å²) in [5.41, 5.74) is 9.10. The van der Waals surface area contributed by atoms with Crippen LogP contribution in [0.3, 0.4) is 0 Å². The van der Waals surface area contributed by atoms with E-state index in [2.05, 4.69) is 35.9 Å². The van der Waals surface area contributed by atoms with Gasteiger partial charge in [-0.3, -0.25) is 9.69 Å². The van der Waals surface area contributed by atoms with Crippen molar-refractivity contribution in [3.05, 3.63) is 46.9 Å². The number of aryl methyl sites for hydroxylation is 1. The summed E-state index contributed by atoms with van der Waals surface area (Å²) >= 11 is 0. The van der Waals surface area contributed by atoms with Crippen LogP contribution in [0.2, 0.25) is 0 Å². The first kappa shape index (κ1) is 21.5. The van der Waals surface area contributed by atoms with Gasteiger partial charge in [0.25, 0.3) is 5.91 Å². The highest BCUT2D eigenvalue weighted by atomic mass is 16.2. The van der Waals surface area contributed by atoms with Gasteiger partial charge in [-0.05, 0) is 58.7 Å². The lowest BCUT2D eigenvalue weighted by Gasteiger charge is -2.23. The number of hydrogen-bond acceptors (Lipinski definition) is 7. The zero-order chi connectivity index (χ0) is 23.3. The number of hydrogen-bond donors (Lipinski definition) is 1. The molecule has 5 rings (SSSR count). The predicted molar refractivity (Wildman–Crippen MR) is 127 cm³/mol. The van der Waals surface area contributed by atoms with Crippen molar-refractivity contribution in [3.63, 3.8) is 0 Å². The van der Waals surface area contributed by atoms with Crippen LogP contribution in [0.1, 0.15) is 67.1 Å². The van der Waals surface area contributed by atoms with Crippen LogP contribution in [0, 0.1) is 6.92 Å². The minimum atomic E-state index is -0.0682. The topological polar surface area (TPSA) is 106 Å². The van der Waals surface area contributed by atoms with E-state index in [1.165, 1.54) is 0 Å². The maximum Gasteiger partial charge on any atom is 0.260 e. The summed E-state index contributed by atoms with van der Waals surface area (Å²) in [5.74, 6) is 2.89. The Kier molecular flexibility index (Phi) is 5.36. The Hall–Kier alpha value is -3.33. The quantitative estimate of drug-likeness (QED) is 0.641. The number of aromatic nitrogens is 5. The highest BCUT2D eigenvalue weighted by Crippen LogP contribution is 2.34. The van der Waals surface area contributed by atoms with E-state index >= 15 is 0 Å². The zero-order valence-electron chi connectivity index (χ0n) is 19.6. The Morgan fingerprint density at radius 1 is 1.18 bits per heavy atom. The molecule has 1 fully saturated rings. The molecule has 33 heavy (non-hydrogen) atoms. The van der Waals surface area contributed by atoms with Gasteiger partial charge < -0.3 is 15.2 Å². The summed E-state index contributed by atoms with van der Waals surface area (Å²) in [6.45, 7) is 9.97. The van der Waals surface area contributed by atoms with Crippen LogP contribution < -0.4 is 15.5 Å². The van der Waals surface area contributed by atoms with Crippen molar-refractivity contribution in [2.75, 3.05) is 16.3 Å². The van der Waals surface area contributed by atoms with Crippen LogP contribution in [0.5, 0.6) is 0 Å². The molecule has 172 valence electrons. The second-order valence-corrected chi connectivity index (χ2v) is 9.15. The molecule has 0 aromatic carbocycles. The third-order valence-corrected chi connectivity index (χ3v) is 6.65. The first-order valence-corrected chi connectivity index (χ1v) is 11.6. The second-order valence-electron chi connectivity index (χ2n) is 9.15. The standard InChI is InChI=1S/C24H30N8O/c1-14(2)32-16(4)28-29-23(32)19-8-5-9-21(26-19)31-13-18-17(24(31)33)11-22(27-20(18)12-25)30-10-6-7-15(30)3/h5,8-9,11,14-15H,6-7,10,12-13,25H2,1-4H3. The molecule has 3 aromatic heterocycles. The number of amides is 1. The smallest absolute Gasteiger partial charge is 0.260 e. The number of nitrogens with two attached hydrogens (primary N) is 1. The summed E-state index contributed by atoms with van der Waals surface area (Å²) in [4.78, 5) is 27.1. The molecule has 1 saturated heterocycles. The largest absolute Gasteiger partial charge is 0.354 e. The minimum Gasteiger partial charge on any atom is -0.354 e. The van der Waals surface area contributed by atoms with Gasteiger partial charge in [-0.1, -0.05) is 6.07 Å². The Bertz CT molecular complexity index is 1220. The van der Waals surface area contributed by atoms with Gasteiger partial charge >= 0.3 is 0 Å². The highest BCUT2D eigenvalue weighted by molar-refractivity contribution is 6.10. The van der Waals surface area contributed by atoms with Gasteiger partial charge in [-0.2, -0.15) is 0 Å². The average molecular weight is 447 g/mol. The highest BCUT2D eigenvalue weighted by Gasteiger charge is 2.34. The Morgan fingerprint density at radius 2 is 2.00 bits per heavy atom. The fraction of sp³-hybridized carbons (Fsp3) is 0.458. The van der Waals surface area contributed by atoms with Crippen molar-refractivity contribution in [1.29, 1.82) is 0 Å². The van der Waals surface area contributed by atoms with Crippen LogP contribution in [0.25, 0.3) is 11.5 Å². The second kappa shape index (κ2) is 8.22. The molecule has 9 heteroatoms.